The molecule has 0 aromatic heterocycles. The topological polar surface area (TPSA) is 30.5 Å². The lowest BCUT2D eigenvalue weighted by atomic mass is 9.93. The molecule has 0 aliphatic heterocycles. The predicted molar refractivity (Wildman–Crippen MR) is 79.7 cm³/mol. The third-order valence-corrected chi connectivity index (χ3v) is 3.48. The Morgan fingerprint density at radius 1 is 1.30 bits per heavy atom. The van der Waals surface area contributed by atoms with Crippen molar-refractivity contribution in [3.8, 4) is 5.75 Å². The summed E-state index contributed by atoms with van der Waals surface area (Å²) in [7, 11) is 3.16. The lowest BCUT2D eigenvalue weighted by Crippen LogP contribution is -2.33. The average molecular weight is 283 g/mol. The van der Waals surface area contributed by atoms with Gasteiger partial charge in [0.25, 0.3) is 0 Å². The van der Waals surface area contributed by atoms with E-state index in [-0.39, 0.29) is 23.2 Å². The van der Waals surface area contributed by atoms with Crippen LogP contribution in [0, 0.1) is 5.82 Å². The molecule has 0 fully saturated rings. The second-order valence-electron chi connectivity index (χ2n) is 5.54. The highest BCUT2D eigenvalue weighted by Gasteiger charge is 2.26. The fourth-order valence-corrected chi connectivity index (χ4v) is 2.14. The van der Waals surface area contributed by atoms with Crippen molar-refractivity contribution in [1.29, 1.82) is 0 Å². The molecule has 0 radical (unpaired) electrons. The second kappa shape index (κ2) is 7.60. The minimum absolute atomic E-state index is 0.0972. The van der Waals surface area contributed by atoms with Gasteiger partial charge in [-0.3, -0.25) is 0 Å². The van der Waals surface area contributed by atoms with Crippen LogP contribution in [0.3, 0.4) is 0 Å². The van der Waals surface area contributed by atoms with Crippen molar-refractivity contribution in [2.24, 2.45) is 0 Å². The monoisotopic (exact) mass is 283 g/mol. The lowest BCUT2D eigenvalue weighted by molar-refractivity contribution is 0.00655. The smallest absolute Gasteiger partial charge is 0.169 e. The molecule has 0 saturated heterocycles. The molecule has 0 saturated carbocycles. The first-order chi connectivity index (χ1) is 9.45. The highest BCUT2D eigenvalue weighted by Crippen LogP contribution is 2.31. The molecule has 114 valence electrons. The standard InChI is InChI=1S/C16H26FNO2/c1-6-10-18-13(11-16(2,3)20-5)12-8-7-9-14(19-4)15(12)17/h7-9,13,18H,6,10-11H2,1-5H3. The summed E-state index contributed by atoms with van der Waals surface area (Å²) in [6, 6.07) is 5.16. The van der Waals surface area contributed by atoms with Crippen LogP contribution in [0.15, 0.2) is 18.2 Å². The van der Waals surface area contributed by atoms with Gasteiger partial charge in [0.1, 0.15) is 0 Å². The summed E-state index contributed by atoms with van der Waals surface area (Å²) in [4.78, 5) is 0. The summed E-state index contributed by atoms with van der Waals surface area (Å²) in [5.41, 5.74) is 0.309. The van der Waals surface area contributed by atoms with E-state index in [1.807, 2.05) is 19.9 Å². The molecule has 1 rings (SSSR count). The van der Waals surface area contributed by atoms with Crippen LogP contribution in [0.1, 0.15) is 45.2 Å². The maximum absolute atomic E-state index is 14.4. The van der Waals surface area contributed by atoms with Crippen molar-refractivity contribution in [2.75, 3.05) is 20.8 Å². The second-order valence-corrected chi connectivity index (χ2v) is 5.54. The number of hydrogen-bond acceptors (Lipinski definition) is 3. The van der Waals surface area contributed by atoms with E-state index in [0.717, 1.165) is 13.0 Å². The van der Waals surface area contributed by atoms with Crippen molar-refractivity contribution in [3.05, 3.63) is 29.6 Å². The van der Waals surface area contributed by atoms with Gasteiger partial charge in [-0.1, -0.05) is 19.1 Å². The zero-order valence-electron chi connectivity index (χ0n) is 13.1. The summed E-state index contributed by atoms with van der Waals surface area (Å²) in [6.45, 7) is 6.94. The van der Waals surface area contributed by atoms with E-state index in [4.69, 9.17) is 9.47 Å². The van der Waals surface area contributed by atoms with Gasteiger partial charge < -0.3 is 14.8 Å². The van der Waals surface area contributed by atoms with Crippen LogP contribution < -0.4 is 10.1 Å². The molecule has 1 aromatic rings. The van der Waals surface area contributed by atoms with Crippen molar-refractivity contribution in [1.82, 2.24) is 5.32 Å². The van der Waals surface area contributed by atoms with Crippen LogP contribution in [0.4, 0.5) is 4.39 Å². The van der Waals surface area contributed by atoms with Gasteiger partial charge in [0, 0.05) is 18.7 Å². The van der Waals surface area contributed by atoms with Gasteiger partial charge >= 0.3 is 0 Å². The van der Waals surface area contributed by atoms with Gasteiger partial charge in [0.2, 0.25) is 0 Å². The van der Waals surface area contributed by atoms with E-state index >= 15 is 0 Å². The summed E-state index contributed by atoms with van der Waals surface area (Å²) >= 11 is 0. The Labute approximate surface area is 121 Å². The van der Waals surface area contributed by atoms with Crippen molar-refractivity contribution in [3.63, 3.8) is 0 Å². The Morgan fingerprint density at radius 3 is 2.55 bits per heavy atom. The van der Waals surface area contributed by atoms with Crippen LogP contribution in [-0.2, 0) is 4.74 Å². The first-order valence-corrected chi connectivity index (χ1v) is 7.06. The molecule has 0 bridgehead atoms. The fourth-order valence-electron chi connectivity index (χ4n) is 2.14. The third-order valence-electron chi connectivity index (χ3n) is 3.48. The van der Waals surface area contributed by atoms with Crippen molar-refractivity contribution >= 4 is 0 Å². The molecular formula is C16H26FNO2. The zero-order chi connectivity index (χ0) is 15.2. The van der Waals surface area contributed by atoms with Crippen LogP contribution in [0.5, 0.6) is 5.75 Å². The van der Waals surface area contributed by atoms with Gasteiger partial charge in [-0.05, 0) is 39.3 Å². The molecule has 1 aromatic carbocycles. The summed E-state index contributed by atoms with van der Waals surface area (Å²) in [6.07, 6.45) is 1.68. The quantitative estimate of drug-likeness (QED) is 0.789. The van der Waals surface area contributed by atoms with Crippen LogP contribution in [-0.4, -0.2) is 26.4 Å². The first-order valence-electron chi connectivity index (χ1n) is 7.06. The van der Waals surface area contributed by atoms with E-state index in [9.17, 15) is 4.39 Å². The number of methoxy groups -OCH3 is 2. The Bertz CT molecular complexity index is 421. The van der Waals surface area contributed by atoms with E-state index in [1.54, 1.807) is 19.2 Å². The Kier molecular flexibility index (Phi) is 6.43. The van der Waals surface area contributed by atoms with E-state index in [0.29, 0.717) is 12.0 Å². The van der Waals surface area contributed by atoms with Crippen LogP contribution >= 0.6 is 0 Å². The van der Waals surface area contributed by atoms with E-state index in [2.05, 4.69) is 12.2 Å². The number of ether oxygens (including phenoxy) is 2. The Morgan fingerprint density at radius 2 is 2.00 bits per heavy atom. The van der Waals surface area contributed by atoms with Crippen molar-refractivity contribution in [2.45, 2.75) is 45.3 Å². The minimum atomic E-state index is -0.319. The maximum Gasteiger partial charge on any atom is 0.169 e. The van der Waals surface area contributed by atoms with Gasteiger partial charge in [0.15, 0.2) is 11.6 Å². The average Bonchev–Trinajstić information content (AvgIpc) is 2.44. The van der Waals surface area contributed by atoms with E-state index < -0.39 is 0 Å². The SMILES string of the molecule is CCCNC(CC(C)(C)OC)c1cccc(OC)c1F. The normalized spacial score (nSPS) is 13.3. The predicted octanol–water partition coefficient (Wildman–Crippen LogP) is 3.69. The molecule has 1 N–H and O–H groups in total. The maximum atomic E-state index is 14.4. The molecule has 20 heavy (non-hydrogen) atoms. The molecule has 1 unspecified atom stereocenters. The molecule has 0 amide bonds. The van der Waals surface area contributed by atoms with Gasteiger partial charge in [-0.2, -0.15) is 0 Å². The lowest BCUT2D eigenvalue weighted by Gasteiger charge is -2.30. The number of halogens is 1. The van der Waals surface area contributed by atoms with E-state index in [1.165, 1.54) is 7.11 Å². The first kappa shape index (κ1) is 16.9. The molecule has 3 nitrogen and oxygen atoms in total. The van der Waals surface area contributed by atoms with Crippen LogP contribution in [0.2, 0.25) is 0 Å². The largest absolute Gasteiger partial charge is 0.494 e. The molecule has 1 atom stereocenters. The third kappa shape index (κ3) is 4.46. The molecule has 0 heterocycles. The molecule has 0 aliphatic carbocycles. The molecular weight excluding hydrogens is 257 g/mol. The highest BCUT2D eigenvalue weighted by atomic mass is 19.1. The van der Waals surface area contributed by atoms with Gasteiger partial charge in [-0.15, -0.1) is 0 Å². The van der Waals surface area contributed by atoms with Gasteiger partial charge in [-0.25, -0.2) is 4.39 Å². The fraction of sp³-hybridized carbons (Fsp3) is 0.625. The van der Waals surface area contributed by atoms with Crippen LogP contribution in [0.25, 0.3) is 0 Å². The van der Waals surface area contributed by atoms with Crippen molar-refractivity contribution < 1.29 is 13.9 Å². The summed E-state index contributed by atoms with van der Waals surface area (Å²) < 4.78 is 25.0. The minimum Gasteiger partial charge on any atom is -0.494 e. The molecule has 0 spiro atoms. The zero-order valence-corrected chi connectivity index (χ0v) is 13.1. The summed E-state index contributed by atoms with van der Waals surface area (Å²) in [5, 5.41) is 3.39. The number of benzene rings is 1. The number of hydrogen-bond donors (Lipinski definition) is 1. The molecule has 0 aliphatic rings. The van der Waals surface area contributed by atoms with Gasteiger partial charge in [0.05, 0.1) is 12.7 Å². The highest BCUT2D eigenvalue weighted by molar-refractivity contribution is 5.33. The molecule has 4 heteroatoms. The number of nitrogens with one attached hydrogen (secondary N) is 1. The summed E-state index contributed by atoms with van der Waals surface area (Å²) in [5.74, 6) is -0.0171. The Balaban J connectivity index is 3.04. The Hall–Kier alpha value is -1.13. The number of rotatable bonds is 8.